The van der Waals surface area contributed by atoms with Crippen molar-refractivity contribution in [3.8, 4) is 17.1 Å². The number of aromatic nitrogens is 3. The molecule has 1 aromatic heterocycles. The van der Waals surface area contributed by atoms with Crippen LogP contribution in [0.5, 0.6) is 0 Å². The first-order chi connectivity index (χ1) is 15.4. The highest BCUT2D eigenvalue weighted by Crippen LogP contribution is 2.33. The Morgan fingerprint density at radius 2 is 1.84 bits per heavy atom. The van der Waals surface area contributed by atoms with Gasteiger partial charge in [0, 0.05) is 24.4 Å². The second kappa shape index (κ2) is 9.93. The molecule has 0 N–H and O–H groups in total. The molecule has 32 heavy (non-hydrogen) atoms. The van der Waals surface area contributed by atoms with Gasteiger partial charge < -0.3 is 4.74 Å². The quantitative estimate of drug-likeness (QED) is 0.456. The summed E-state index contributed by atoms with van der Waals surface area (Å²) in [6.07, 6.45) is 0. The van der Waals surface area contributed by atoms with Crippen molar-refractivity contribution < 1.29 is 13.2 Å². The van der Waals surface area contributed by atoms with Crippen LogP contribution in [0.2, 0.25) is 5.02 Å². The predicted molar refractivity (Wildman–Crippen MR) is 127 cm³/mol. The lowest BCUT2D eigenvalue weighted by atomic mass is 10.2. The Morgan fingerprint density at radius 3 is 2.56 bits per heavy atom. The lowest BCUT2D eigenvalue weighted by Gasteiger charge is -2.26. The summed E-state index contributed by atoms with van der Waals surface area (Å²) in [7, 11) is -3.63. The van der Waals surface area contributed by atoms with Crippen LogP contribution in [0.15, 0.2) is 58.6 Å². The molecule has 2 heterocycles. The van der Waals surface area contributed by atoms with Crippen LogP contribution < -0.4 is 0 Å². The number of ether oxygens (including phenoxy) is 1. The standard InChI is InChI=1S/C22H25ClN4O3S2/c1-16(2)15-31-22-25-24-21(27(22)20-9-4-3-8-19(20)23)17-6-5-7-18(14-17)32(28,29)26-10-12-30-13-11-26/h3-9,14,16H,10-13,15H2,1-2H3. The van der Waals surface area contributed by atoms with Crippen molar-refractivity contribution in [3.05, 3.63) is 53.6 Å². The Kier molecular flexibility index (Phi) is 7.21. The van der Waals surface area contributed by atoms with Crippen LogP contribution in [-0.4, -0.2) is 59.5 Å². The fourth-order valence-corrected chi connectivity index (χ4v) is 5.94. The van der Waals surface area contributed by atoms with Crippen LogP contribution in [0.25, 0.3) is 17.1 Å². The van der Waals surface area contributed by atoms with E-state index in [2.05, 4.69) is 24.0 Å². The van der Waals surface area contributed by atoms with Gasteiger partial charge in [-0.1, -0.05) is 61.5 Å². The fraction of sp³-hybridized carbons (Fsp3) is 0.364. The van der Waals surface area contributed by atoms with E-state index in [0.29, 0.717) is 53.8 Å². The van der Waals surface area contributed by atoms with Gasteiger partial charge in [0.1, 0.15) is 0 Å². The maximum atomic E-state index is 13.2. The molecule has 4 rings (SSSR count). The van der Waals surface area contributed by atoms with Crippen molar-refractivity contribution in [2.24, 2.45) is 5.92 Å². The number of hydrogen-bond donors (Lipinski definition) is 0. The molecule has 1 fully saturated rings. The maximum Gasteiger partial charge on any atom is 0.243 e. The summed E-state index contributed by atoms with van der Waals surface area (Å²) < 4.78 is 35.0. The summed E-state index contributed by atoms with van der Waals surface area (Å²) in [4.78, 5) is 0.224. The highest BCUT2D eigenvalue weighted by molar-refractivity contribution is 7.99. The Bertz CT molecular complexity index is 1190. The first-order valence-corrected chi connectivity index (χ1v) is 13.2. The Labute approximate surface area is 197 Å². The second-order valence-electron chi connectivity index (χ2n) is 7.84. The SMILES string of the molecule is CC(C)CSc1nnc(-c2cccc(S(=O)(=O)N3CCOCC3)c2)n1-c1ccccc1Cl. The average molecular weight is 493 g/mol. The lowest BCUT2D eigenvalue weighted by molar-refractivity contribution is 0.0730. The number of sulfonamides is 1. The molecular formula is C22H25ClN4O3S2. The average Bonchev–Trinajstić information content (AvgIpc) is 3.22. The smallest absolute Gasteiger partial charge is 0.243 e. The van der Waals surface area contributed by atoms with Crippen LogP contribution in [-0.2, 0) is 14.8 Å². The molecule has 0 aliphatic carbocycles. The summed E-state index contributed by atoms with van der Waals surface area (Å²) in [5.74, 6) is 1.89. The van der Waals surface area contributed by atoms with Gasteiger partial charge in [-0.15, -0.1) is 10.2 Å². The van der Waals surface area contributed by atoms with Gasteiger partial charge in [-0.3, -0.25) is 4.57 Å². The molecule has 3 aromatic rings. The number of para-hydroxylation sites is 1. The summed E-state index contributed by atoms with van der Waals surface area (Å²) >= 11 is 8.11. The minimum absolute atomic E-state index is 0.224. The van der Waals surface area contributed by atoms with E-state index in [4.69, 9.17) is 16.3 Å². The fourth-order valence-electron chi connectivity index (χ4n) is 3.37. The van der Waals surface area contributed by atoms with E-state index in [9.17, 15) is 8.42 Å². The van der Waals surface area contributed by atoms with Gasteiger partial charge in [-0.2, -0.15) is 4.31 Å². The number of halogens is 1. The van der Waals surface area contributed by atoms with Gasteiger partial charge in [0.15, 0.2) is 11.0 Å². The van der Waals surface area contributed by atoms with Gasteiger partial charge in [0.25, 0.3) is 0 Å². The molecule has 0 spiro atoms. The first-order valence-electron chi connectivity index (χ1n) is 10.4. The first kappa shape index (κ1) is 23.3. The van der Waals surface area contributed by atoms with E-state index >= 15 is 0 Å². The molecule has 1 aliphatic heterocycles. The van der Waals surface area contributed by atoms with Crippen molar-refractivity contribution in [3.63, 3.8) is 0 Å². The topological polar surface area (TPSA) is 77.3 Å². The molecule has 10 heteroatoms. The van der Waals surface area contributed by atoms with E-state index in [1.165, 1.54) is 4.31 Å². The Hall–Kier alpha value is -1.91. The molecule has 0 bridgehead atoms. The highest BCUT2D eigenvalue weighted by Gasteiger charge is 2.27. The number of morpholine rings is 1. The third-order valence-corrected chi connectivity index (χ3v) is 8.54. The molecule has 0 atom stereocenters. The molecule has 0 amide bonds. The normalized spacial score (nSPS) is 15.4. The number of rotatable bonds is 7. The number of benzene rings is 2. The maximum absolute atomic E-state index is 13.2. The van der Waals surface area contributed by atoms with Crippen LogP contribution >= 0.6 is 23.4 Å². The molecule has 1 aliphatic rings. The third-order valence-electron chi connectivity index (χ3n) is 4.97. The Morgan fingerprint density at radius 1 is 1.09 bits per heavy atom. The molecule has 7 nitrogen and oxygen atoms in total. The molecule has 0 radical (unpaired) electrons. The van der Waals surface area contributed by atoms with Gasteiger partial charge in [-0.25, -0.2) is 8.42 Å². The minimum Gasteiger partial charge on any atom is -0.379 e. The van der Waals surface area contributed by atoms with E-state index < -0.39 is 10.0 Å². The highest BCUT2D eigenvalue weighted by atomic mass is 35.5. The van der Waals surface area contributed by atoms with E-state index in [0.717, 1.165) is 11.4 Å². The number of nitrogens with zero attached hydrogens (tertiary/aromatic N) is 4. The minimum atomic E-state index is -3.63. The lowest BCUT2D eigenvalue weighted by Crippen LogP contribution is -2.40. The van der Waals surface area contributed by atoms with Crippen LogP contribution in [0.1, 0.15) is 13.8 Å². The monoisotopic (exact) mass is 492 g/mol. The molecular weight excluding hydrogens is 468 g/mol. The summed E-state index contributed by atoms with van der Waals surface area (Å²) in [5.41, 5.74) is 1.41. The second-order valence-corrected chi connectivity index (χ2v) is 11.2. The zero-order valence-electron chi connectivity index (χ0n) is 17.9. The van der Waals surface area contributed by atoms with Crippen LogP contribution in [0.3, 0.4) is 0 Å². The van der Waals surface area contributed by atoms with Crippen molar-refractivity contribution in [2.75, 3.05) is 32.1 Å². The van der Waals surface area contributed by atoms with Gasteiger partial charge in [0.2, 0.25) is 10.0 Å². The van der Waals surface area contributed by atoms with Crippen molar-refractivity contribution in [1.82, 2.24) is 19.1 Å². The van der Waals surface area contributed by atoms with Crippen molar-refractivity contribution in [2.45, 2.75) is 23.9 Å². The van der Waals surface area contributed by atoms with Gasteiger partial charge in [0.05, 0.1) is 28.8 Å². The van der Waals surface area contributed by atoms with Crippen molar-refractivity contribution in [1.29, 1.82) is 0 Å². The van der Waals surface area contributed by atoms with Crippen molar-refractivity contribution >= 4 is 33.4 Å². The zero-order valence-corrected chi connectivity index (χ0v) is 20.3. The molecule has 170 valence electrons. The summed E-state index contributed by atoms with van der Waals surface area (Å²) in [6.45, 7) is 5.78. The third kappa shape index (κ3) is 4.87. The number of thioether (sulfide) groups is 1. The van der Waals surface area contributed by atoms with E-state index in [1.54, 1.807) is 30.0 Å². The molecule has 2 aromatic carbocycles. The number of hydrogen-bond acceptors (Lipinski definition) is 6. The van der Waals surface area contributed by atoms with E-state index in [-0.39, 0.29) is 4.90 Å². The molecule has 0 saturated carbocycles. The van der Waals surface area contributed by atoms with Gasteiger partial charge in [-0.05, 0) is 30.2 Å². The summed E-state index contributed by atoms with van der Waals surface area (Å²) in [5, 5.41) is 10.1. The predicted octanol–water partition coefficient (Wildman–Crippen LogP) is 4.36. The van der Waals surface area contributed by atoms with Crippen LogP contribution in [0.4, 0.5) is 0 Å². The van der Waals surface area contributed by atoms with Crippen LogP contribution in [0, 0.1) is 5.92 Å². The largest absolute Gasteiger partial charge is 0.379 e. The van der Waals surface area contributed by atoms with Gasteiger partial charge >= 0.3 is 0 Å². The van der Waals surface area contributed by atoms with E-state index in [1.807, 2.05) is 34.9 Å². The molecule has 0 unspecified atom stereocenters. The summed E-state index contributed by atoms with van der Waals surface area (Å²) in [6, 6.07) is 14.3. The zero-order chi connectivity index (χ0) is 22.7. The Balaban J connectivity index is 1.79. The molecule has 1 saturated heterocycles.